The fraction of sp³-hybridized carbons (Fsp3) is 0.200. The van der Waals surface area contributed by atoms with E-state index in [0.29, 0.717) is 0 Å². The highest BCUT2D eigenvalue weighted by molar-refractivity contribution is 5.43. The van der Waals surface area contributed by atoms with E-state index in [9.17, 15) is 10.2 Å². The molecule has 0 saturated carbocycles. The number of fused-ring (bicyclic) bond motifs is 1. The second-order valence-corrected chi connectivity index (χ2v) is 4.00. The average molecular weight is 246 g/mol. The Kier molecular flexibility index (Phi) is 1.73. The Morgan fingerprint density at radius 2 is 1.83 bits per heavy atom. The van der Waals surface area contributed by atoms with E-state index in [2.05, 4.69) is 0 Å². The van der Waals surface area contributed by atoms with Gasteiger partial charge in [-0.15, -0.1) is 0 Å². The molecule has 0 amide bonds. The van der Waals surface area contributed by atoms with E-state index in [0.717, 1.165) is 0 Å². The fourth-order valence-corrected chi connectivity index (χ4v) is 1.79. The van der Waals surface area contributed by atoms with E-state index in [1.54, 1.807) is 0 Å². The predicted octanol–water partition coefficient (Wildman–Crippen LogP) is 2.82. The van der Waals surface area contributed by atoms with Crippen LogP contribution in [0, 0.1) is 0 Å². The molecule has 1 heterocycles. The summed E-state index contributed by atoms with van der Waals surface area (Å²) in [5, 5.41) is 18.8. The van der Waals surface area contributed by atoms with Gasteiger partial charge >= 0.3 is 0 Å². The molecule has 0 aromatic heterocycles. The number of phenolic OH excluding ortho intramolecular Hbond substituents is 2. The summed E-state index contributed by atoms with van der Waals surface area (Å²) < 4.78 is 38.8. The normalized spacial score (nSPS) is 32.1. The third-order valence-corrected chi connectivity index (χ3v) is 2.72. The van der Waals surface area contributed by atoms with Crippen LogP contribution in [0.25, 0.3) is 0 Å². The fourth-order valence-electron chi connectivity index (χ4n) is 1.79. The Morgan fingerprint density at radius 3 is 2.61 bits per heavy atom. The van der Waals surface area contributed by atoms with Gasteiger partial charge in [0, 0.05) is 16.1 Å². The van der Waals surface area contributed by atoms with Crippen molar-refractivity contribution in [3.8, 4) is 17.2 Å². The summed E-state index contributed by atoms with van der Waals surface area (Å²) in [5.74, 6) is -2.04. The second-order valence-electron chi connectivity index (χ2n) is 4.00. The number of aromatic hydroxyl groups is 2. The summed E-state index contributed by atoms with van der Waals surface area (Å²) in [6, 6.07) is 9.45. The van der Waals surface area contributed by atoms with Crippen molar-refractivity contribution in [3.05, 3.63) is 53.6 Å². The molecule has 0 spiro atoms. The number of hydrogen-bond donors (Lipinski definition) is 2. The first kappa shape index (κ1) is 7.31. The molecular weight excluding hydrogens is 228 g/mol. The summed E-state index contributed by atoms with van der Waals surface area (Å²) >= 11 is 0. The average Bonchev–Trinajstić information content (AvgIpc) is 2.45. The molecule has 1 aliphatic heterocycles. The van der Waals surface area contributed by atoms with E-state index in [1.165, 1.54) is 42.5 Å². The van der Waals surface area contributed by atoms with Crippen molar-refractivity contribution in [2.24, 2.45) is 0 Å². The first-order chi connectivity index (χ1) is 10.3. The highest BCUT2D eigenvalue weighted by atomic mass is 16.5. The smallest absolute Gasteiger partial charge is 0.126 e. The molecule has 3 heteroatoms. The van der Waals surface area contributed by atoms with Gasteiger partial charge < -0.3 is 14.9 Å². The van der Waals surface area contributed by atoms with Crippen LogP contribution in [0.2, 0.25) is 0 Å². The molecule has 2 aromatic rings. The van der Waals surface area contributed by atoms with Crippen LogP contribution in [0.5, 0.6) is 17.2 Å². The van der Waals surface area contributed by atoms with Gasteiger partial charge in [0.15, 0.2) is 0 Å². The Balaban J connectivity index is 2.20. The third-order valence-electron chi connectivity index (χ3n) is 2.72. The van der Waals surface area contributed by atoms with Gasteiger partial charge in [-0.25, -0.2) is 0 Å². The van der Waals surface area contributed by atoms with Gasteiger partial charge in [0.2, 0.25) is 0 Å². The minimum atomic E-state index is -2.21. The van der Waals surface area contributed by atoms with Crippen LogP contribution in [0.4, 0.5) is 0 Å². The lowest BCUT2D eigenvalue weighted by molar-refractivity contribution is 0.261. The van der Waals surface area contributed by atoms with Crippen LogP contribution in [0.15, 0.2) is 42.5 Å². The largest absolute Gasteiger partial charge is 0.508 e. The molecule has 0 saturated heterocycles. The van der Waals surface area contributed by atoms with E-state index in [4.69, 9.17) is 10.2 Å². The van der Waals surface area contributed by atoms with Crippen molar-refractivity contribution >= 4 is 0 Å². The predicted molar refractivity (Wildman–Crippen MR) is 68.2 cm³/mol. The second kappa shape index (κ2) is 4.26. The lowest BCUT2D eigenvalue weighted by Crippen LogP contribution is -2.18. The van der Waals surface area contributed by atoms with Gasteiger partial charge in [-0.1, -0.05) is 18.2 Å². The highest BCUT2D eigenvalue weighted by Gasteiger charge is 2.21. The minimum Gasteiger partial charge on any atom is -0.508 e. The van der Waals surface area contributed by atoms with Crippen molar-refractivity contribution in [2.45, 2.75) is 12.3 Å². The summed E-state index contributed by atoms with van der Waals surface area (Å²) in [6.45, 7) is -1.53. The van der Waals surface area contributed by atoms with Crippen LogP contribution in [0.1, 0.15) is 22.5 Å². The van der Waals surface area contributed by atoms with Gasteiger partial charge in [0.25, 0.3) is 0 Å². The molecule has 0 aliphatic carbocycles. The Morgan fingerprint density at radius 1 is 1.11 bits per heavy atom. The molecule has 3 rings (SSSR count). The minimum absolute atomic E-state index is 0.00325. The zero-order valence-electron chi connectivity index (χ0n) is 13.4. The Bertz CT molecular complexity index is 717. The van der Waals surface area contributed by atoms with Gasteiger partial charge in [0.1, 0.15) is 17.2 Å². The summed E-state index contributed by atoms with van der Waals surface area (Å²) in [4.78, 5) is 0. The quantitative estimate of drug-likeness (QED) is 0.813. The van der Waals surface area contributed by atoms with Gasteiger partial charge in [-0.3, -0.25) is 0 Å². The van der Waals surface area contributed by atoms with Crippen molar-refractivity contribution in [3.63, 3.8) is 0 Å². The SMILES string of the molecule is [2H]C1Oc2cc(O)ccc2C([2H])([2H])C1([2H])c1ccc(O)cc1. The highest BCUT2D eigenvalue weighted by Crippen LogP contribution is 2.34. The summed E-state index contributed by atoms with van der Waals surface area (Å²) in [7, 11) is 0. The monoisotopic (exact) mass is 246 g/mol. The van der Waals surface area contributed by atoms with Crippen LogP contribution in [-0.2, 0) is 6.37 Å². The third kappa shape index (κ3) is 1.99. The first-order valence-corrected chi connectivity index (χ1v) is 5.49. The maximum atomic E-state index is 9.48. The molecule has 1 aliphatic rings. The summed E-state index contributed by atoms with van der Waals surface area (Å²) in [5.41, 5.74) is 0.339. The number of hydrogen-bond acceptors (Lipinski definition) is 3. The number of phenols is 2. The first-order valence-electron chi connectivity index (χ1n) is 7.56. The summed E-state index contributed by atoms with van der Waals surface area (Å²) in [6.07, 6.45) is -2.21. The van der Waals surface area contributed by atoms with Gasteiger partial charge in [-0.2, -0.15) is 0 Å². The number of rotatable bonds is 1. The van der Waals surface area contributed by atoms with E-state index in [1.807, 2.05) is 0 Å². The molecule has 2 N–H and O–H groups in total. The van der Waals surface area contributed by atoms with Crippen molar-refractivity contribution < 1.29 is 20.4 Å². The molecule has 2 unspecified atom stereocenters. The Labute approximate surface area is 111 Å². The Hall–Kier alpha value is -2.16. The molecule has 0 bridgehead atoms. The van der Waals surface area contributed by atoms with E-state index >= 15 is 0 Å². The molecule has 3 nitrogen and oxygen atoms in total. The maximum Gasteiger partial charge on any atom is 0.126 e. The maximum absolute atomic E-state index is 9.48. The number of benzene rings is 2. The topological polar surface area (TPSA) is 49.7 Å². The van der Waals surface area contributed by atoms with Crippen molar-refractivity contribution in [1.29, 1.82) is 0 Å². The molecule has 2 atom stereocenters. The lowest BCUT2D eigenvalue weighted by Gasteiger charge is -2.25. The van der Waals surface area contributed by atoms with Gasteiger partial charge in [-0.05, 0) is 35.7 Å². The van der Waals surface area contributed by atoms with Gasteiger partial charge in [0.05, 0.1) is 7.95 Å². The molecular formula is C15H14O3. The van der Waals surface area contributed by atoms with E-state index < -0.39 is 18.8 Å². The molecule has 0 fully saturated rings. The zero-order valence-corrected chi connectivity index (χ0v) is 9.42. The van der Waals surface area contributed by atoms with Crippen molar-refractivity contribution in [1.82, 2.24) is 0 Å². The molecule has 0 radical (unpaired) electrons. The van der Waals surface area contributed by atoms with Crippen LogP contribution in [-0.4, -0.2) is 16.8 Å². The number of ether oxygens (including phenoxy) is 1. The molecule has 92 valence electrons. The lowest BCUT2D eigenvalue weighted by atomic mass is 9.90. The standard InChI is InChI=1S/C15H14O3/c16-13-4-1-10(2-5-13)12-7-11-3-6-14(17)8-15(11)18-9-12/h1-6,8,12,16-17H,7,9H2/i7D2,9D,12D. The molecule has 2 aromatic carbocycles. The van der Waals surface area contributed by atoms with E-state index in [-0.39, 0.29) is 28.4 Å². The van der Waals surface area contributed by atoms with Crippen molar-refractivity contribution in [2.75, 3.05) is 6.58 Å². The zero-order chi connectivity index (χ0) is 16.1. The van der Waals surface area contributed by atoms with Crippen LogP contribution < -0.4 is 4.74 Å². The molecule has 18 heavy (non-hydrogen) atoms. The van der Waals surface area contributed by atoms with Crippen LogP contribution in [0.3, 0.4) is 0 Å². The van der Waals surface area contributed by atoms with Crippen LogP contribution >= 0.6 is 0 Å².